The minimum atomic E-state index is -1.06. The minimum Gasteiger partial charge on any atom is -0.503 e. The molecule has 0 saturated carbocycles. The highest BCUT2D eigenvalue weighted by atomic mass is 16.6. The fourth-order valence-electron chi connectivity index (χ4n) is 3.21. The van der Waals surface area contributed by atoms with E-state index in [4.69, 9.17) is 14.3 Å². The maximum Gasteiger partial charge on any atom is 0.339 e. The highest BCUT2D eigenvalue weighted by molar-refractivity contribution is 6.15. The summed E-state index contributed by atoms with van der Waals surface area (Å²) in [5.74, 6) is -0.395. The number of hydrogen-bond donors (Lipinski definition) is 1. The van der Waals surface area contributed by atoms with Crippen molar-refractivity contribution >= 4 is 17.3 Å². The van der Waals surface area contributed by atoms with Gasteiger partial charge in [0.25, 0.3) is 0 Å². The third-order valence-corrected chi connectivity index (χ3v) is 4.97. The highest BCUT2D eigenvalue weighted by Crippen LogP contribution is 2.22. The van der Waals surface area contributed by atoms with Gasteiger partial charge in [0, 0.05) is 6.42 Å². The summed E-state index contributed by atoms with van der Waals surface area (Å²) in [7, 11) is 1.42. The van der Waals surface area contributed by atoms with Crippen molar-refractivity contribution in [3.8, 4) is 5.75 Å². The fourth-order valence-corrected chi connectivity index (χ4v) is 3.21. The number of oxime groups is 1. The molecule has 0 radical (unpaired) electrons. The molecular formula is C27H27NO5. The maximum atomic E-state index is 11.6. The predicted molar refractivity (Wildman–Crippen MR) is 128 cm³/mol. The van der Waals surface area contributed by atoms with Crippen molar-refractivity contribution in [2.75, 3.05) is 13.7 Å². The van der Waals surface area contributed by atoms with Crippen LogP contribution in [0.4, 0.5) is 0 Å². The number of carboxylic acids is 1. The van der Waals surface area contributed by atoms with Gasteiger partial charge in [-0.2, -0.15) is 0 Å². The number of nitrogens with zero attached hydrogens (tertiary/aromatic N) is 1. The Kier molecular flexibility index (Phi) is 8.65. The topological polar surface area (TPSA) is 77.4 Å². The second-order valence-electron chi connectivity index (χ2n) is 7.29. The number of carbonyl (C=O) groups is 1. The molecule has 0 bridgehead atoms. The first kappa shape index (κ1) is 23.6. The number of hydrogen-bond acceptors (Lipinski definition) is 5. The van der Waals surface area contributed by atoms with Crippen molar-refractivity contribution in [2.24, 2.45) is 5.16 Å². The number of aliphatic carboxylic acids is 1. The Morgan fingerprint density at radius 3 is 2.36 bits per heavy atom. The molecule has 33 heavy (non-hydrogen) atoms. The third-order valence-electron chi connectivity index (χ3n) is 4.97. The largest absolute Gasteiger partial charge is 0.503 e. The monoisotopic (exact) mass is 445 g/mol. The molecule has 0 heterocycles. The molecule has 0 fully saturated rings. The standard InChI is InChI=1S/C27H27NO5/c1-20(28-33-17-16-21-8-4-3-5-9-21)22-12-14-24(15-13-22)32-18-23-10-6-7-11-25(23)26(19-31-2)27(29)30/h3-15,19H,16-18H2,1-2H3,(H,29,30). The molecule has 0 saturated heterocycles. The summed E-state index contributed by atoms with van der Waals surface area (Å²) >= 11 is 0. The Morgan fingerprint density at radius 1 is 0.970 bits per heavy atom. The van der Waals surface area contributed by atoms with Gasteiger partial charge in [-0.15, -0.1) is 0 Å². The van der Waals surface area contributed by atoms with Gasteiger partial charge in [-0.1, -0.05) is 59.8 Å². The normalized spacial score (nSPS) is 11.7. The molecule has 0 aliphatic rings. The molecule has 0 amide bonds. The summed E-state index contributed by atoms with van der Waals surface area (Å²) in [6, 6.07) is 24.8. The van der Waals surface area contributed by atoms with Crippen LogP contribution in [0.3, 0.4) is 0 Å². The molecular weight excluding hydrogens is 418 g/mol. The first-order chi connectivity index (χ1) is 16.1. The molecule has 0 spiro atoms. The molecule has 0 atom stereocenters. The van der Waals surface area contributed by atoms with Gasteiger partial charge < -0.3 is 19.4 Å². The summed E-state index contributed by atoms with van der Waals surface area (Å²) in [6.45, 7) is 2.63. The fraction of sp³-hybridized carbons (Fsp3) is 0.185. The summed E-state index contributed by atoms with van der Waals surface area (Å²) in [6.07, 6.45) is 2.02. The average molecular weight is 446 g/mol. The lowest BCUT2D eigenvalue weighted by Crippen LogP contribution is -2.06. The van der Waals surface area contributed by atoms with Gasteiger partial charge in [-0.3, -0.25) is 0 Å². The summed E-state index contributed by atoms with van der Waals surface area (Å²) in [5, 5.41) is 13.7. The van der Waals surface area contributed by atoms with E-state index in [1.807, 2.05) is 61.5 Å². The first-order valence-electron chi connectivity index (χ1n) is 10.6. The van der Waals surface area contributed by atoms with Crippen molar-refractivity contribution in [2.45, 2.75) is 20.0 Å². The van der Waals surface area contributed by atoms with Gasteiger partial charge >= 0.3 is 5.97 Å². The molecule has 3 rings (SSSR count). The van der Waals surface area contributed by atoms with E-state index in [2.05, 4.69) is 17.3 Å². The van der Waals surface area contributed by atoms with E-state index in [1.54, 1.807) is 12.1 Å². The minimum absolute atomic E-state index is 0.0751. The van der Waals surface area contributed by atoms with Crippen LogP contribution in [0.15, 0.2) is 90.3 Å². The van der Waals surface area contributed by atoms with Crippen LogP contribution >= 0.6 is 0 Å². The van der Waals surface area contributed by atoms with Gasteiger partial charge in [0.1, 0.15) is 24.5 Å². The second kappa shape index (κ2) is 12.1. The lowest BCUT2D eigenvalue weighted by molar-refractivity contribution is -0.130. The molecule has 3 aromatic carbocycles. The Balaban J connectivity index is 1.58. The molecule has 1 N–H and O–H groups in total. The molecule has 0 unspecified atom stereocenters. The number of rotatable bonds is 11. The van der Waals surface area contributed by atoms with E-state index < -0.39 is 5.97 Å². The number of carboxylic acid groups (broad SMARTS) is 1. The van der Waals surface area contributed by atoms with Gasteiger partial charge in [0.05, 0.1) is 19.1 Å². The molecule has 6 nitrogen and oxygen atoms in total. The van der Waals surface area contributed by atoms with Crippen molar-refractivity contribution in [1.82, 2.24) is 0 Å². The summed E-state index contributed by atoms with van der Waals surface area (Å²) < 4.78 is 10.8. The van der Waals surface area contributed by atoms with Crippen LogP contribution in [-0.2, 0) is 27.4 Å². The quantitative estimate of drug-likeness (QED) is 0.142. The Morgan fingerprint density at radius 2 is 1.67 bits per heavy atom. The molecule has 0 aliphatic carbocycles. The zero-order chi connectivity index (χ0) is 23.5. The van der Waals surface area contributed by atoms with E-state index in [0.29, 0.717) is 17.9 Å². The van der Waals surface area contributed by atoms with Crippen molar-refractivity contribution in [3.63, 3.8) is 0 Å². The zero-order valence-corrected chi connectivity index (χ0v) is 18.7. The van der Waals surface area contributed by atoms with E-state index in [0.717, 1.165) is 23.3 Å². The van der Waals surface area contributed by atoms with Crippen molar-refractivity contribution in [1.29, 1.82) is 0 Å². The SMILES string of the molecule is COC=C(C(=O)O)c1ccccc1COc1ccc(C(C)=NOCCc2ccccc2)cc1. The van der Waals surface area contributed by atoms with Crippen LogP contribution in [0.25, 0.3) is 5.57 Å². The average Bonchev–Trinajstić information content (AvgIpc) is 2.85. The van der Waals surface area contributed by atoms with Crippen LogP contribution < -0.4 is 4.74 Å². The molecule has 6 heteroatoms. The van der Waals surface area contributed by atoms with Crippen LogP contribution in [-0.4, -0.2) is 30.5 Å². The summed E-state index contributed by atoms with van der Waals surface area (Å²) in [4.78, 5) is 17.0. The maximum absolute atomic E-state index is 11.6. The zero-order valence-electron chi connectivity index (χ0n) is 18.7. The van der Waals surface area contributed by atoms with Gasteiger partial charge in [0.2, 0.25) is 0 Å². The Labute approximate surface area is 193 Å². The van der Waals surface area contributed by atoms with Crippen LogP contribution in [0.1, 0.15) is 29.2 Å². The van der Waals surface area contributed by atoms with Crippen LogP contribution in [0.5, 0.6) is 5.75 Å². The number of benzene rings is 3. The highest BCUT2D eigenvalue weighted by Gasteiger charge is 2.15. The van der Waals surface area contributed by atoms with Gasteiger partial charge in [-0.05, 0) is 53.4 Å². The molecule has 0 aliphatic heterocycles. The van der Waals surface area contributed by atoms with Gasteiger partial charge in [-0.25, -0.2) is 4.79 Å². The second-order valence-corrected chi connectivity index (χ2v) is 7.29. The van der Waals surface area contributed by atoms with E-state index in [9.17, 15) is 9.90 Å². The molecule has 170 valence electrons. The first-order valence-corrected chi connectivity index (χ1v) is 10.6. The number of ether oxygens (including phenoxy) is 2. The van der Waals surface area contributed by atoms with Crippen LogP contribution in [0, 0.1) is 0 Å². The van der Waals surface area contributed by atoms with Gasteiger partial charge in [0.15, 0.2) is 0 Å². The molecule has 0 aromatic heterocycles. The smallest absolute Gasteiger partial charge is 0.339 e. The van der Waals surface area contributed by atoms with E-state index in [-0.39, 0.29) is 12.2 Å². The Hall–Kier alpha value is -4.06. The van der Waals surface area contributed by atoms with Crippen molar-refractivity contribution < 1.29 is 24.2 Å². The van der Waals surface area contributed by atoms with E-state index >= 15 is 0 Å². The summed E-state index contributed by atoms with van der Waals surface area (Å²) in [5.41, 5.74) is 4.29. The third kappa shape index (κ3) is 6.97. The van der Waals surface area contributed by atoms with Crippen LogP contribution in [0.2, 0.25) is 0 Å². The Bertz CT molecular complexity index is 1100. The molecule has 3 aromatic rings. The lowest BCUT2D eigenvalue weighted by Gasteiger charge is -2.12. The lowest BCUT2D eigenvalue weighted by atomic mass is 10.0. The predicted octanol–water partition coefficient (Wildman–Crippen LogP) is 5.32. The van der Waals surface area contributed by atoms with Crippen molar-refractivity contribution in [3.05, 3.63) is 107 Å². The van der Waals surface area contributed by atoms with E-state index in [1.165, 1.54) is 18.9 Å². The number of methoxy groups -OCH3 is 1.